The van der Waals surface area contributed by atoms with Crippen molar-refractivity contribution in [1.29, 1.82) is 0 Å². The first-order chi connectivity index (χ1) is 16.6. The van der Waals surface area contributed by atoms with Gasteiger partial charge in [0.1, 0.15) is 5.54 Å². The molecule has 2 amide bonds. The molecule has 0 bridgehead atoms. The van der Waals surface area contributed by atoms with Gasteiger partial charge in [-0.2, -0.15) is 0 Å². The Labute approximate surface area is 198 Å². The van der Waals surface area contributed by atoms with E-state index in [4.69, 9.17) is 14.2 Å². The molecule has 3 fully saturated rings. The third-order valence-electron chi connectivity index (χ3n) is 7.55. The predicted molar refractivity (Wildman–Crippen MR) is 126 cm³/mol. The number of hydrogen-bond acceptors (Lipinski definition) is 6. The number of anilines is 2. The number of nitrogens with one attached hydrogen (secondary N) is 1. The van der Waals surface area contributed by atoms with Crippen LogP contribution in [0.15, 0.2) is 42.5 Å². The third-order valence-corrected chi connectivity index (χ3v) is 7.55. The number of carbonyl (C=O) groups excluding carboxylic acids is 2. The van der Waals surface area contributed by atoms with Crippen molar-refractivity contribution in [2.45, 2.75) is 43.7 Å². The number of amides is 2. The van der Waals surface area contributed by atoms with Gasteiger partial charge >= 0.3 is 0 Å². The van der Waals surface area contributed by atoms with Crippen LogP contribution >= 0.6 is 0 Å². The summed E-state index contributed by atoms with van der Waals surface area (Å²) in [4.78, 5) is 30.7. The van der Waals surface area contributed by atoms with Crippen LogP contribution in [-0.2, 0) is 14.3 Å². The molecule has 8 heteroatoms. The van der Waals surface area contributed by atoms with E-state index >= 15 is 0 Å². The number of rotatable bonds is 5. The van der Waals surface area contributed by atoms with E-state index in [9.17, 15) is 9.59 Å². The minimum atomic E-state index is -0.820. The van der Waals surface area contributed by atoms with Gasteiger partial charge < -0.3 is 29.3 Å². The Hall–Kier alpha value is -3.26. The summed E-state index contributed by atoms with van der Waals surface area (Å²) in [6.45, 7) is 3.41. The smallest absolute Gasteiger partial charge is 0.250 e. The van der Waals surface area contributed by atoms with Gasteiger partial charge in [-0.3, -0.25) is 9.59 Å². The highest BCUT2D eigenvalue weighted by Gasteiger charge is 2.55. The first-order valence-corrected chi connectivity index (χ1v) is 12.1. The number of ether oxygens (including phenoxy) is 3. The quantitative estimate of drug-likeness (QED) is 0.684. The first kappa shape index (κ1) is 21.3. The zero-order valence-corrected chi connectivity index (χ0v) is 19.1. The second kappa shape index (κ2) is 8.51. The van der Waals surface area contributed by atoms with Gasteiger partial charge in [-0.15, -0.1) is 0 Å². The molecule has 0 radical (unpaired) electrons. The summed E-state index contributed by atoms with van der Waals surface area (Å²) in [6, 6.07) is 13.6. The number of carbonyl (C=O) groups is 2. The van der Waals surface area contributed by atoms with Crippen molar-refractivity contribution in [3.05, 3.63) is 48.0 Å². The maximum absolute atomic E-state index is 13.7. The summed E-state index contributed by atoms with van der Waals surface area (Å²) in [5, 5.41) is 3.12. The molecule has 3 aliphatic heterocycles. The van der Waals surface area contributed by atoms with Crippen LogP contribution < -0.4 is 19.7 Å². The molecule has 0 spiro atoms. The summed E-state index contributed by atoms with van der Waals surface area (Å²) in [7, 11) is 0. The van der Waals surface area contributed by atoms with Crippen molar-refractivity contribution in [1.82, 2.24) is 4.90 Å². The topological polar surface area (TPSA) is 80.3 Å². The Bertz CT molecular complexity index is 1090. The van der Waals surface area contributed by atoms with Gasteiger partial charge in [0.05, 0.1) is 25.7 Å². The van der Waals surface area contributed by atoms with E-state index < -0.39 is 5.54 Å². The number of nitrogens with zero attached hydrogens (tertiary/aromatic N) is 2. The number of likely N-dealkylation sites (tertiary alicyclic amines) is 1. The molecular formula is C26H29N3O5. The molecule has 4 aliphatic rings. The van der Waals surface area contributed by atoms with Crippen LogP contribution in [0.3, 0.4) is 0 Å². The fourth-order valence-electron chi connectivity index (χ4n) is 5.70. The summed E-state index contributed by atoms with van der Waals surface area (Å²) in [6.07, 6.45) is 3.62. The van der Waals surface area contributed by atoms with Gasteiger partial charge in [0.25, 0.3) is 0 Å². The van der Waals surface area contributed by atoms with Crippen LogP contribution in [0.4, 0.5) is 11.4 Å². The lowest BCUT2D eigenvalue weighted by molar-refractivity contribution is -0.163. The zero-order valence-electron chi connectivity index (χ0n) is 19.1. The Balaban J connectivity index is 1.22. The molecule has 1 unspecified atom stereocenters. The number of β-lactam (4-membered cyclic amide) rings is 1. The third kappa shape index (κ3) is 3.57. The molecule has 1 aliphatic carbocycles. The Morgan fingerprint density at radius 3 is 2.44 bits per heavy atom. The SMILES string of the molecule is O=C1CC(c2ccc3c(c2)OCO3)N1C1(C(=O)Nc2ccc(N3CCOCC3)cc2)CCCC1. The van der Waals surface area contributed by atoms with Crippen molar-refractivity contribution in [3.8, 4) is 11.5 Å². The van der Waals surface area contributed by atoms with E-state index in [1.54, 1.807) is 0 Å². The number of hydrogen-bond donors (Lipinski definition) is 1. The molecule has 6 rings (SSSR count). The lowest BCUT2D eigenvalue weighted by atomic mass is 9.83. The van der Waals surface area contributed by atoms with Gasteiger partial charge in [0.2, 0.25) is 18.6 Å². The highest BCUT2D eigenvalue weighted by atomic mass is 16.7. The largest absolute Gasteiger partial charge is 0.454 e. The van der Waals surface area contributed by atoms with E-state index in [-0.39, 0.29) is 24.6 Å². The minimum Gasteiger partial charge on any atom is -0.454 e. The number of benzene rings is 2. The first-order valence-electron chi connectivity index (χ1n) is 12.1. The van der Waals surface area contributed by atoms with Gasteiger partial charge in [-0.05, 0) is 54.8 Å². The van der Waals surface area contributed by atoms with E-state index in [0.717, 1.165) is 61.8 Å². The maximum atomic E-state index is 13.7. The fraction of sp³-hybridized carbons (Fsp3) is 0.462. The number of fused-ring (bicyclic) bond motifs is 1. The highest BCUT2D eigenvalue weighted by Crippen LogP contribution is 2.49. The second-order valence-electron chi connectivity index (χ2n) is 9.44. The standard InChI is InChI=1S/C26H29N3O5/c30-24-16-21(18-3-8-22-23(15-18)34-17-33-22)29(24)26(9-1-2-10-26)25(31)27-19-4-6-20(7-5-19)28-11-13-32-14-12-28/h3-8,15,21H,1-2,9-14,16-17H2,(H,27,31). The Morgan fingerprint density at radius 2 is 1.71 bits per heavy atom. The van der Waals surface area contributed by atoms with Gasteiger partial charge in [0, 0.05) is 24.5 Å². The maximum Gasteiger partial charge on any atom is 0.250 e. The Morgan fingerprint density at radius 1 is 0.971 bits per heavy atom. The normalized spacial score (nSPS) is 23.1. The lowest BCUT2D eigenvalue weighted by Gasteiger charge is -2.51. The zero-order chi connectivity index (χ0) is 23.1. The van der Waals surface area contributed by atoms with E-state index in [0.29, 0.717) is 25.0 Å². The average Bonchev–Trinajstić information content (AvgIpc) is 3.53. The highest BCUT2D eigenvalue weighted by molar-refractivity contribution is 6.02. The monoisotopic (exact) mass is 463 g/mol. The van der Waals surface area contributed by atoms with Crippen LogP contribution in [0.2, 0.25) is 0 Å². The second-order valence-corrected chi connectivity index (χ2v) is 9.44. The molecule has 0 aromatic heterocycles. The van der Waals surface area contributed by atoms with Crippen molar-refractivity contribution in [2.75, 3.05) is 43.3 Å². The van der Waals surface area contributed by atoms with E-state index in [2.05, 4.69) is 10.2 Å². The van der Waals surface area contributed by atoms with Crippen molar-refractivity contribution < 1.29 is 23.8 Å². The minimum absolute atomic E-state index is 0.0300. The predicted octanol–water partition coefficient (Wildman–Crippen LogP) is 3.48. The molecule has 8 nitrogen and oxygen atoms in total. The molecule has 3 heterocycles. The van der Waals surface area contributed by atoms with Crippen LogP contribution in [0, 0.1) is 0 Å². The molecule has 1 N–H and O–H groups in total. The average molecular weight is 464 g/mol. The van der Waals surface area contributed by atoms with Gasteiger partial charge in [0.15, 0.2) is 11.5 Å². The van der Waals surface area contributed by atoms with Crippen molar-refractivity contribution >= 4 is 23.2 Å². The van der Waals surface area contributed by atoms with E-state index in [1.165, 1.54) is 0 Å². The number of morpholine rings is 1. The summed E-state index contributed by atoms with van der Waals surface area (Å²) in [5.74, 6) is 1.35. The van der Waals surface area contributed by atoms with Crippen molar-refractivity contribution in [2.24, 2.45) is 0 Å². The molecule has 34 heavy (non-hydrogen) atoms. The van der Waals surface area contributed by atoms with Gasteiger partial charge in [-0.25, -0.2) is 0 Å². The molecule has 2 aromatic carbocycles. The van der Waals surface area contributed by atoms with Crippen LogP contribution in [0.1, 0.15) is 43.7 Å². The van der Waals surface area contributed by atoms with Gasteiger partial charge in [-0.1, -0.05) is 18.9 Å². The molecule has 2 aromatic rings. The molecule has 2 saturated heterocycles. The molecule has 1 saturated carbocycles. The molecule has 1 atom stereocenters. The van der Waals surface area contributed by atoms with Crippen LogP contribution in [0.5, 0.6) is 11.5 Å². The Kier molecular flexibility index (Phi) is 5.32. The summed E-state index contributed by atoms with van der Waals surface area (Å²) < 4.78 is 16.4. The van der Waals surface area contributed by atoms with Crippen LogP contribution in [0.25, 0.3) is 0 Å². The van der Waals surface area contributed by atoms with E-state index in [1.807, 2.05) is 47.4 Å². The lowest BCUT2D eigenvalue weighted by Crippen LogP contribution is -2.64. The van der Waals surface area contributed by atoms with Crippen molar-refractivity contribution in [3.63, 3.8) is 0 Å². The fourth-order valence-corrected chi connectivity index (χ4v) is 5.70. The van der Waals surface area contributed by atoms with Crippen LogP contribution in [-0.4, -0.2) is 55.3 Å². The molecule has 178 valence electrons. The molecular weight excluding hydrogens is 434 g/mol. The summed E-state index contributed by atoms with van der Waals surface area (Å²) in [5.41, 5.74) is 2.04. The summed E-state index contributed by atoms with van der Waals surface area (Å²) >= 11 is 0.